The van der Waals surface area contributed by atoms with Crippen LogP contribution in [0, 0.1) is 6.92 Å². The first-order chi connectivity index (χ1) is 20.3. The van der Waals surface area contributed by atoms with E-state index in [1.807, 2.05) is 31.2 Å². The average Bonchev–Trinajstić information content (AvgIpc) is 3.68. The molecule has 43 heavy (non-hydrogen) atoms. The number of furan rings is 1. The van der Waals surface area contributed by atoms with Gasteiger partial charge in [0.25, 0.3) is 11.8 Å². The highest BCUT2D eigenvalue weighted by atomic mass is 32.1. The summed E-state index contributed by atoms with van der Waals surface area (Å²) in [5.41, 5.74) is 6.51. The Kier molecular flexibility index (Phi) is 8.02. The average molecular weight is 612 g/mol. The lowest BCUT2D eigenvalue weighted by atomic mass is 10.0. The van der Waals surface area contributed by atoms with E-state index in [2.05, 4.69) is 29.2 Å². The summed E-state index contributed by atoms with van der Waals surface area (Å²) in [6.07, 6.45) is -3.16. The molecule has 4 aromatic heterocycles. The number of carbonyl (C=O) groups is 2. The van der Waals surface area contributed by atoms with Gasteiger partial charge in [-0.3, -0.25) is 14.3 Å². The number of rotatable bonds is 9. The van der Waals surface area contributed by atoms with E-state index in [4.69, 9.17) is 14.9 Å². The van der Waals surface area contributed by atoms with E-state index in [0.29, 0.717) is 46.6 Å². The van der Waals surface area contributed by atoms with Gasteiger partial charge < -0.3 is 20.2 Å². The molecule has 0 saturated heterocycles. The quantitative estimate of drug-likeness (QED) is 0.182. The third-order valence-corrected chi connectivity index (χ3v) is 7.89. The normalized spacial score (nSPS) is 11.8. The number of fused-ring (bicyclic) bond motifs is 1. The summed E-state index contributed by atoms with van der Waals surface area (Å²) in [6, 6.07) is 11.5. The molecule has 0 bridgehead atoms. The lowest BCUT2D eigenvalue weighted by Gasteiger charge is -2.11. The zero-order valence-corrected chi connectivity index (χ0v) is 24.5. The predicted octanol–water partition coefficient (Wildman–Crippen LogP) is 7.15. The molecule has 4 heterocycles. The van der Waals surface area contributed by atoms with Gasteiger partial charge in [0, 0.05) is 23.7 Å². The monoisotopic (exact) mass is 611 g/mol. The number of pyridine rings is 1. The summed E-state index contributed by atoms with van der Waals surface area (Å²) in [6.45, 7) is 8.22. The van der Waals surface area contributed by atoms with Gasteiger partial charge in [0.05, 0.1) is 11.4 Å². The van der Waals surface area contributed by atoms with Crippen LogP contribution in [0.4, 0.5) is 18.9 Å². The number of primary amides is 1. The minimum atomic E-state index is -4.76. The molecular weight excluding hydrogens is 583 g/mol. The largest absolute Gasteiger partial charge is 0.486 e. The molecule has 0 saturated carbocycles. The molecule has 9 nitrogen and oxygen atoms in total. The molecule has 13 heteroatoms. The van der Waals surface area contributed by atoms with Gasteiger partial charge in [0.1, 0.15) is 33.5 Å². The van der Waals surface area contributed by atoms with E-state index in [-0.39, 0.29) is 38.7 Å². The van der Waals surface area contributed by atoms with E-state index in [9.17, 15) is 22.8 Å². The van der Waals surface area contributed by atoms with Gasteiger partial charge >= 0.3 is 6.18 Å². The molecule has 0 radical (unpaired) electrons. The van der Waals surface area contributed by atoms with Gasteiger partial charge in [-0.15, -0.1) is 11.3 Å². The van der Waals surface area contributed by atoms with Gasteiger partial charge in [0.2, 0.25) is 0 Å². The van der Waals surface area contributed by atoms with Crippen LogP contribution in [0.15, 0.2) is 53.1 Å². The minimum Gasteiger partial charge on any atom is -0.486 e. The molecule has 5 rings (SSSR count). The number of anilines is 1. The summed E-state index contributed by atoms with van der Waals surface area (Å²) in [5, 5.41) is 7.12. The number of nitrogens with one attached hydrogen (secondary N) is 1. The van der Waals surface area contributed by atoms with Gasteiger partial charge in [0.15, 0.2) is 5.76 Å². The van der Waals surface area contributed by atoms with Crippen LogP contribution in [0.2, 0.25) is 0 Å². The highest BCUT2D eigenvalue weighted by molar-refractivity contribution is 7.21. The fourth-order valence-corrected chi connectivity index (χ4v) is 5.56. The van der Waals surface area contributed by atoms with Crippen LogP contribution in [-0.2, 0) is 19.3 Å². The number of amides is 2. The fourth-order valence-electron chi connectivity index (χ4n) is 4.55. The zero-order valence-electron chi connectivity index (χ0n) is 23.7. The Hall–Kier alpha value is -4.65. The summed E-state index contributed by atoms with van der Waals surface area (Å²) in [5.74, 6) is -0.393. The van der Waals surface area contributed by atoms with Gasteiger partial charge in [-0.1, -0.05) is 26.0 Å². The molecule has 1 aromatic carbocycles. The molecular formula is C30H28F3N5O4S. The highest BCUT2D eigenvalue weighted by Gasteiger charge is 2.35. The molecule has 224 valence electrons. The Labute approximate surface area is 248 Å². The molecule has 3 N–H and O–H groups in total. The Morgan fingerprint density at radius 2 is 1.86 bits per heavy atom. The number of halogens is 3. The van der Waals surface area contributed by atoms with Crippen LogP contribution >= 0.6 is 11.3 Å². The van der Waals surface area contributed by atoms with E-state index in [0.717, 1.165) is 6.07 Å². The van der Waals surface area contributed by atoms with Crippen LogP contribution in [0.3, 0.4) is 0 Å². The predicted molar refractivity (Wildman–Crippen MR) is 156 cm³/mol. The second-order valence-corrected chi connectivity index (χ2v) is 11.1. The Morgan fingerprint density at radius 3 is 2.47 bits per heavy atom. The lowest BCUT2D eigenvalue weighted by molar-refractivity contribution is -0.140. The van der Waals surface area contributed by atoms with Crippen molar-refractivity contribution in [2.24, 2.45) is 5.73 Å². The number of nitrogens with two attached hydrogens (primary N) is 1. The van der Waals surface area contributed by atoms with Gasteiger partial charge in [-0.2, -0.15) is 18.3 Å². The number of thiophene rings is 1. The third-order valence-electron chi connectivity index (χ3n) is 6.79. The summed E-state index contributed by atoms with van der Waals surface area (Å²) >= 11 is 0.662. The Balaban J connectivity index is 1.49. The second kappa shape index (κ2) is 11.6. The number of carbonyl (C=O) groups excluding carboxylic acids is 2. The lowest BCUT2D eigenvalue weighted by Crippen LogP contribution is -2.16. The Bertz CT molecular complexity index is 1820. The molecule has 5 aromatic rings. The summed E-state index contributed by atoms with van der Waals surface area (Å²) in [7, 11) is 0. The second-order valence-electron chi connectivity index (χ2n) is 10.1. The van der Waals surface area contributed by atoms with Crippen LogP contribution in [0.5, 0.6) is 5.75 Å². The van der Waals surface area contributed by atoms with Crippen LogP contribution in [-0.4, -0.2) is 26.6 Å². The molecule has 0 spiro atoms. The highest BCUT2D eigenvalue weighted by Crippen LogP contribution is 2.44. The first-order valence-corrected chi connectivity index (χ1v) is 14.2. The third kappa shape index (κ3) is 6.12. The van der Waals surface area contributed by atoms with Crippen molar-refractivity contribution < 1.29 is 31.9 Å². The number of ether oxygens (including phenoxy) is 1. The van der Waals surface area contributed by atoms with Crippen molar-refractivity contribution in [3.8, 4) is 16.9 Å². The van der Waals surface area contributed by atoms with Crippen molar-refractivity contribution >= 4 is 39.1 Å². The molecule has 0 unspecified atom stereocenters. The first kappa shape index (κ1) is 29.8. The van der Waals surface area contributed by atoms with E-state index < -0.39 is 23.7 Å². The van der Waals surface area contributed by atoms with E-state index in [1.165, 1.54) is 11.6 Å². The van der Waals surface area contributed by atoms with E-state index >= 15 is 0 Å². The first-order valence-electron chi connectivity index (χ1n) is 13.4. The zero-order chi connectivity index (χ0) is 31.1. The maximum absolute atomic E-state index is 13.8. The summed E-state index contributed by atoms with van der Waals surface area (Å²) in [4.78, 5) is 29.2. The molecule has 0 atom stereocenters. The van der Waals surface area contributed by atoms with Gasteiger partial charge in [-0.05, 0) is 61.2 Å². The number of benzene rings is 1. The van der Waals surface area contributed by atoms with Crippen LogP contribution in [0.1, 0.15) is 69.6 Å². The summed E-state index contributed by atoms with van der Waals surface area (Å²) < 4.78 is 54.5. The van der Waals surface area contributed by atoms with Crippen molar-refractivity contribution in [3.05, 3.63) is 82.0 Å². The van der Waals surface area contributed by atoms with Crippen molar-refractivity contribution in [1.29, 1.82) is 0 Å². The minimum absolute atomic E-state index is 0.0528. The van der Waals surface area contributed by atoms with Crippen molar-refractivity contribution in [1.82, 2.24) is 14.8 Å². The number of aryl methyl sites for hydroxylation is 2. The van der Waals surface area contributed by atoms with Gasteiger partial charge in [-0.25, -0.2) is 4.98 Å². The molecule has 0 aliphatic carbocycles. The molecule has 2 amide bonds. The number of hydrogen-bond acceptors (Lipinski definition) is 7. The SMILES string of the molecule is CCn1cc(-c2cc(C(F)(F)F)nc3sc(C(N)=O)c(NC(=O)c4ccc(COc5ccc(C(C)C)cc5)o4)c23)c(C)n1. The number of nitrogens with zero attached hydrogens (tertiary/aromatic N) is 3. The number of alkyl halides is 3. The van der Waals surface area contributed by atoms with Crippen molar-refractivity contribution in [2.75, 3.05) is 5.32 Å². The topological polar surface area (TPSA) is 125 Å². The van der Waals surface area contributed by atoms with E-state index in [1.54, 1.807) is 23.9 Å². The molecule has 0 fully saturated rings. The van der Waals surface area contributed by atoms with Crippen molar-refractivity contribution in [3.63, 3.8) is 0 Å². The van der Waals surface area contributed by atoms with Crippen LogP contribution in [0.25, 0.3) is 21.3 Å². The smallest absolute Gasteiger partial charge is 0.433 e. The number of aromatic nitrogens is 3. The fraction of sp³-hybridized carbons (Fsp3) is 0.267. The standard InChI is InChI=1S/C30H28F3N5O4S/c1-5-38-13-21(16(4)37-38)20-12-23(30(31,32)33)35-29-24(20)25(26(43-29)27(34)39)36-28(40)22-11-10-19(42-22)14-41-18-8-6-17(7-9-18)15(2)3/h6-13,15H,5,14H2,1-4H3,(H2,34,39)(H,36,40). The molecule has 0 aliphatic heterocycles. The molecule has 0 aliphatic rings. The van der Waals surface area contributed by atoms with Crippen molar-refractivity contribution in [2.45, 2.75) is 52.9 Å². The number of hydrogen-bond donors (Lipinski definition) is 2. The van der Waals surface area contributed by atoms with Crippen LogP contribution < -0.4 is 15.8 Å². The maximum Gasteiger partial charge on any atom is 0.433 e. The Morgan fingerprint density at radius 1 is 1.14 bits per heavy atom. The maximum atomic E-state index is 13.8.